The maximum atomic E-state index is 14.7. The van der Waals surface area contributed by atoms with Crippen LogP contribution in [0, 0.1) is 50.2 Å². The van der Waals surface area contributed by atoms with E-state index in [1.165, 1.54) is 0 Å². The number of carbonyl (C=O) groups excluding carboxylic acids is 1. The van der Waals surface area contributed by atoms with Gasteiger partial charge in [-0.15, -0.1) is 0 Å². The van der Waals surface area contributed by atoms with Crippen LogP contribution < -0.4 is 0 Å². The second-order valence-electron chi connectivity index (χ2n) is 23.6. The number of carbonyl (C=O) groups is 1. The molecule has 8 aliphatic rings. The summed E-state index contributed by atoms with van der Waals surface area (Å²) in [5.74, 6) is -0.945. The molecular weight excluding hydrogens is 881 g/mol. The molecule has 3 aliphatic heterocycles. The van der Waals surface area contributed by atoms with Crippen molar-refractivity contribution in [1.82, 2.24) is 0 Å². The van der Waals surface area contributed by atoms with Crippen molar-refractivity contribution in [2.75, 3.05) is 19.8 Å². The van der Waals surface area contributed by atoms with Gasteiger partial charge in [0.1, 0.15) is 78.7 Å². The van der Waals surface area contributed by atoms with Gasteiger partial charge in [0.2, 0.25) is 6.29 Å². The third-order valence-corrected chi connectivity index (χ3v) is 19.3. The van der Waals surface area contributed by atoms with Crippen molar-refractivity contribution in [3.63, 3.8) is 0 Å². The fourth-order valence-electron chi connectivity index (χ4n) is 15.1. The summed E-state index contributed by atoms with van der Waals surface area (Å²) < 4.78 is 36.0. The lowest BCUT2D eigenvalue weighted by Crippen LogP contribution is -2.68. The Hall–Kier alpha value is -1.47. The molecule has 12 N–H and O–H groups in total. The molecule has 19 heteroatoms. The lowest BCUT2D eigenvalue weighted by atomic mass is 9.33. The molecule has 0 aromatic carbocycles. The Balaban J connectivity index is 1.06. The molecule has 0 bridgehead atoms. The number of aliphatic hydroxyl groups excluding tert-OH is 12. The topological polar surface area (TPSA) is 315 Å². The lowest BCUT2D eigenvalue weighted by molar-refractivity contribution is -0.378. The maximum Gasteiger partial charge on any atom is 0.317 e. The van der Waals surface area contributed by atoms with Gasteiger partial charge < -0.3 is 89.7 Å². The van der Waals surface area contributed by atoms with Crippen LogP contribution in [-0.4, -0.2) is 191 Å². The highest BCUT2D eigenvalue weighted by Crippen LogP contribution is 2.76. The Morgan fingerprint density at radius 1 is 0.612 bits per heavy atom. The van der Waals surface area contributed by atoms with E-state index in [9.17, 15) is 66.1 Å². The number of ether oxygens (including phenoxy) is 6. The molecule has 0 radical (unpaired) electrons. The average Bonchev–Trinajstić information content (AvgIpc) is 3.27. The zero-order valence-electron chi connectivity index (χ0n) is 39.8. The van der Waals surface area contributed by atoms with Gasteiger partial charge in [-0.25, -0.2) is 0 Å². The molecule has 5 aliphatic carbocycles. The number of esters is 1. The van der Waals surface area contributed by atoms with E-state index in [1.54, 1.807) is 0 Å². The second kappa shape index (κ2) is 18.2. The molecule has 0 aromatic heterocycles. The SMILES string of the molecule is CC1(C)CC[C@]2(C(=O)O[C@@H]3O[C@H](CO)[C@@H](O)[C@H](O)[C@H]3O)[C@H](O)C[C@]3(C)C(=CC[C@@H]4[C@@]5(C)CC[C@@H](O[C@@H]6O[C@H](CO)[C@@H](O)[C@H](O)[C@H]6O[C@@H]6O[C@H](CO)[C@@H](O)[C@H](O)[C@H]6O)C(C)(C)[C@H]5CC[C@]43C)[C@H]2C1. The molecule has 24 atom stereocenters. The first-order valence-corrected chi connectivity index (χ1v) is 24.4. The number of hydrogen-bond donors (Lipinski definition) is 12. The monoisotopic (exact) mass is 959 g/mol. The number of aliphatic hydroxyl groups is 12. The summed E-state index contributed by atoms with van der Waals surface area (Å²) >= 11 is 0. The average molecular weight is 959 g/mol. The standard InChI is InChI=1S/C48H78O19/c1-43(2)14-15-48(42(61)67-40-37(60)34(57)31(54)24(19-50)63-40)22(16-43)21-8-9-27-45(5)12-11-29(44(3,4)26(45)10-13-46(27,6)47(21,7)17-28(48)52)65-41-38(35(58)32(55)25(20-51)64-41)66-39-36(59)33(56)30(53)23(18-49)62-39/h8,22-41,49-60H,9-20H2,1-7H3/t22-,23-,24-,25-,26-,27-,28-,29-,30-,31-,32-,33+,34+,35+,36-,37-,38-,39+,40+,41+,45+,46-,47-,48-/m1/s1. The van der Waals surface area contributed by atoms with E-state index >= 15 is 0 Å². The number of hydrogen-bond acceptors (Lipinski definition) is 19. The van der Waals surface area contributed by atoms with E-state index in [4.69, 9.17) is 28.4 Å². The van der Waals surface area contributed by atoms with Crippen molar-refractivity contribution in [2.24, 2.45) is 50.2 Å². The Morgan fingerprint density at radius 2 is 1.16 bits per heavy atom. The zero-order chi connectivity index (χ0) is 49.1. The third-order valence-electron chi connectivity index (χ3n) is 19.3. The second-order valence-corrected chi connectivity index (χ2v) is 23.6. The molecule has 7 fully saturated rings. The molecule has 0 unspecified atom stereocenters. The lowest BCUT2D eigenvalue weighted by Gasteiger charge is -2.71. The molecule has 67 heavy (non-hydrogen) atoms. The third kappa shape index (κ3) is 8.01. The van der Waals surface area contributed by atoms with Gasteiger partial charge >= 0.3 is 5.97 Å². The molecule has 3 saturated heterocycles. The smallest absolute Gasteiger partial charge is 0.317 e. The molecule has 0 spiro atoms. The van der Waals surface area contributed by atoms with Gasteiger partial charge in [0.05, 0.1) is 32.0 Å². The van der Waals surface area contributed by atoms with Gasteiger partial charge in [-0.1, -0.05) is 60.1 Å². The van der Waals surface area contributed by atoms with Crippen molar-refractivity contribution in [1.29, 1.82) is 0 Å². The number of rotatable bonds is 9. The minimum absolute atomic E-state index is 0.0858. The van der Waals surface area contributed by atoms with Gasteiger partial charge in [0, 0.05) is 0 Å². The van der Waals surface area contributed by atoms with E-state index in [-0.39, 0.29) is 34.5 Å². The molecular formula is C48H78O19. The van der Waals surface area contributed by atoms with E-state index in [2.05, 4.69) is 54.5 Å². The number of fused-ring (bicyclic) bond motifs is 7. The Labute approximate surface area is 392 Å². The van der Waals surface area contributed by atoms with E-state index in [0.29, 0.717) is 32.1 Å². The molecule has 0 aromatic rings. The van der Waals surface area contributed by atoms with Crippen LogP contribution in [-0.2, 0) is 33.2 Å². The highest BCUT2D eigenvalue weighted by atomic mass is 16.8. The van der Waals surface area contributed by atoms with Crippen LogP contribution in [0.5, 0.6) is 0 Å². The molecule has 0 amide bonds. The Kier molecular flexibility index (Phi) is 14.1. The Bertz CT molecular complexity index is 1830. The van der Waals surface area contributed by atoms with E-state index in [1.807, 2.05) is 0 Å². The van der Waals surface area contributed by atoms with Crippen LogP contribution in [0.15, 0.2) is 11.6 Å². The van der Waals surface area contributed by atoms with Crippen molar-refractivity contribution >= 4 is 5.97 Å². The molecule has 384 valence electrons. The minimum atomic E-state index is -1.80. The fraction of sp³-hybridized carbons (Fsp3) is 0.938. The van der Waals surface area contributed by atoms with Gasteiger partial charge in [-0.05, 0) is 103 Å². The largest absolute Gasteiger partial charge is 0.432 e. The normalized spacial score (nSPS) is 53.8. The highest BCUT2D eigenvalue weighted by Gasteiger charge is 2.72. The first-order valence-electron chi connectivity index (χ1n) is 24.4. The van der Waals surface area contributed by atoms with Gasteiger partial charge in [0.25, 0.3) is 0 Å². The van der Waals surface area contributed by atoms with Crippen LogP contribution in [0.4, 0.5) is 0 Å². The quantitative estimate of drug-likeness (QED) is 0.0758. The summed E-state index contributed by atoms with van der Waals surface area (Å²) in [4.78, 5) is 14.7. The summed E-state index contributed by atoms with van der Waals surface area (Å²) in [6, 6.07) is 0. The maximum absolute atomic E-state index is 14.7. The summed E-state index contributed by atoms with van der Waals surface area (Å²) in [6.07, 6.45) is -17.7. The molecule has 3 heterocycles. The molecule has 19 nitrogen and oxygen atoms in total. The van der Waals surface area contributed by atoms with Crippen LogP contribution in [0.3, 0.4) is 0 Å². The molecule has 4 saturated carbocycles. The predicted molar refractivity (Wildman–Crippen MR) is 232 cm³/mol. The zero-order valence-corrected chi connectivity index (χ0v) is 39.8. The van der Waals surface area contributed by atoms with Gasteiger partial charge in [-0.2, -0.15) is 0 Å². The summed E-state index contributed by atoms with van der Waals surface area (Å²) in [5.41, 5.74) is -2.13. The van der Waals surface area contributed by atoms with Crippen LogP contribution in [0.2, 0.25) is 0 Å². The van der Waals surface area contributed by atoms with Crippen molar-refractivity contribution in [3.05, 3.63) is 11.6 Å². The van der Waals surface area contributed by atoms with E-state index in [0.717, 1.165) is 24.8 Å². The van der Waals surface area contributed by atoms with Crippen molar-refractivity contribution < 1.29 is 94.5 Å². The Morgan fingerprint density at radius 3 is 1.76 bits per heavy atom. The molecule has 8 rings (SSSR count). The first-order chi connectivity index (χ1) is 31.3. The van der Waals surface area contributed by atoms with Crippen LogP contribution in [0.1, 0.15) is 106 Å². The summed E-state index contributed by atoms with van der Waals surface area (Å²) in [7, 11) is 0. The number of allylic oxidation sites excluding steroid dienone is 2. The first kappa shape index (κ1) is 51.9. The van der Waals surface area contributed by atoms with E-state index < -0.39 is 152 Å². The summed E-state index contributed by atoms with van der Waals surface area (Å²) in [5, 5.41) is 128. The predicted octanol–water partition coefficient (Wildman–Crippen LogP) is -0.889. The fourth-order valence-corrected chi connectivity index (χ4v) is 15.1. The van der Waals surface area contributed by atoms with Gasteiger partial charge in [-0.3, -0.25) is 4.79 Å². The van der Waals surface area contributed by atoms with Crippen LogP contribution >= 0.6 is 0 Å². The van der Waals surface area contributed by atoms with Crippen molar-refractivity contribution in [3.8, 4) is 0 Å². The minimum Gasteiger partial charge on any atom is -0.432 e. The van der Waals surface area contributed by atoms with Crippen LogP contribution in [0.25, 0.3) is 0 Å². The summed E-state index contributed by atoms with van der Waals surface area (Å²) in [6.45, 7) is 13.5. The van der Waals surface area contributed by atoms with Crippen molar-refractivity contribution in [2.45, 2.75) is 211 Å². The van der Waals surface area contributed by atoms with Gasteiger partial charge in [0.15, 0.2) is 12.6 Å². The highest BCUT2D eigenvalue weighted by molar-refractivity contribution is 5.80.